The summed E-state index contributed by atoms with van der Waals surface area (Å²) in [6.45, 7) is 1.12. The molecule has 6 nitrogen and oxygen atoms in total. The lowest BCUT2D eigenvalue weighted by Gasteiger charge is -2.33. The molecule has 0 aliphatic carbocycles. The molecular formula is C21H15F5N4O2. The number of hydrogen-bond donors (Lipinski definition) is 1. The van der Waals surface area contributed by atoms with Crippen LogP contribution in [0.15, 0.2) is 53.6 Å². The van der Waals surface area contributed by atoms with Gasteiger partial charge in [0.15, 0.2) is 11.6 Å². The Bertz CT molecular complexity index is 1260. The van der Waals surface area contributed by atoms with Crippen molar-refractivity contribution in [1.82, 2.24) is 19.9 Å². The van der Waals surface area contributed by atoms with Crippen molar-refractivity contribution >= 4 is 0 Å². The summed E-state index contributed by atoms with van der Waals surface area (Å²) in [6, 6.07) is 5.13. The minimum atomic E-state index is -2.07. The molecular weight excluding hydrogens is 435 g/mol. The Morgan fingerprint density at radius 3 is 2.47 bits per heavy atom. The summed E-state index contributed by atoms with van der Waals surface area (Å²) in [6.07, 6.45) is 2.48. The monoisotopic (exact) mass is 450 g/mol. The van der Waals surface area contributed by atoms with Gasteiger partial charge in [-0.15, -0.1) is 0 Å². The zero-order chi connectivity index (χ0) is 23.0. The number of hydrogen-bond acceptors (Lipinski definition) is 5. The zero-order valence-electron chi connectivity index (χ0n) is 16.4. The molecule has 2 aromatic heterocycles. The van der Waals surface area contributed by atoms with Crippen LogP contribution in [0.4, 0.5) is 22.0 Å². The van der Waals surface area contributed by atoms with Crippen LogP contribution >= 0.6 is 0 Å². The van der Waals surface area contributed by atoms with Crippen LogP contribution in [-0.4, -0.2) is 25.0 Å². The summed E-state index contributed by atoms with van der Waals surface area (Å²) < 4.78 is 76.4. The Morgan fingerprint density at radius 1 is 1.03 bits per heavy atom. The number of aliphatic hydroxyl groups is 1. The van der Waals surface area contributed by atoms with E-state index in [4.69, 9.17) is 4.52 Å². The molecule has 0 saturated heterocycles. The third kappa shape index (κ3) is 3.75. The van der Waals surface area contributed by atoms with Crippen LogP contribution in [0.3, 0.4) is 0 Å². The highest BCUT2D eigenvalue weighted by Gasteiger charge is 2.42. The zero-order valence-corrected chi connectivity index (χ0v) is 16.4. The Labute approximate surface area is 177 Å². The van der Waals surface area contributed by atoms with Crippen LogP contribution in [-0.2, 0) is 12.1 Å². The molecule has 0 spiro atoms. The van der Waals surface area contributed by atoms with E-state index in [-0.39, 0.29) is 23.6 Å². The standard InChI is InChI=1S/C21H15F5N4O2/c1-11(18-7-17(29-32-18)19-14(23)4-5-15(24)20(19)26)21(31,8-30-10-27-9-28-30)13-3-2-12(22)6-16(13)25/h2-7,9-11,31H,8H2,1H3/t11-,21+/m0/s1. The van der Waals surface area contributed by atoms with Gasteiger partial charge in [0.2, 0.25) is 0 Å². The van der Waals surface area contributed by atoms with Gasteiger partial charge < -0.3 is 9.63 Å². The molecule has 2 heterocycles. The van der Waals surface area contributed by atoms with Gasteiger partial charge in [-0.05, 0) is 18.2 Å². The van der Waals surface area contributed by atoms with Gasteiger partial charge in [-0.3, -0.25) is 0 Å². The van der Waals surface area contributed by atoms with E-state index in [1.807, 2.05) is 0 Å². The molecule has 0 fully saturated rings. The fourth-order valence-electron chi connectivity index (χ4n) is 3.47. The highest BCUT2D eigenvalue weighted by Crippen LogP contribution is 2.41. The fraction of sp³-hybridized carbons (Fsp3) is 0.190. The minimum Gasteiger partial charge on any atom is -0.382 e. The summed E-state index contributed by atoms with van der Waals surface area (Å²) in [5.74, 6) is -6.85. The Kier molecular flexibility index (Phi) is 5.51. The van der Waals surface area contributed by atoms with Crippen molar-refractivity contribution in [3.8, 4) is 11.3 Å². The van der Waals surface area contributed by atoms with Crippen molar-refractivity contribution in [2.24, 2.45) is 0 Å². The lowest BCUT2D eigenvalue weighted by molar-refractivity contribution is -0.0181. The second-order valence-electron chi connectivity index (χ2n) is 7.20. The van der Waals surface area contributed by atoms with Crippen LogP contribution < -0.4 is 0 Å². The molecule has 166 valence electrons. The van der Waals surface area contributed by atoms with Crippen molar-refractivity contribution < 1.29 is 31.6 Å². The number of nitrogens with zero attached hydrogens (tertiary/aromatic N) is 4. The molecule has 0 unspecified atom stereocenters. The van der Waals surface area contributed by atoms with Gasteiger partial charge >= 0.3 is 0 Å². The molecule has 4 rings (SSSR count). The van der Waals surface area contributed by atoms with E-state index in [0.29, 0.717) is 12.1 Å². The van der Waals surface area contributed by atoms with Crippen LogP contribution in [0.25, 0.3) is 11.3 Å². The maximum atomic E-state index is 14.6. The normalized spacial score (nSPS) is 14.3. The number of benzene rings is 2. The highest BCUT2D eigenvalue weighted by molar-refractivity contribution is 5.61. The molecule has 0 bridgehead atoms. The van der Waals surface area contributed by atoms with Gasteiger partial charge in [-0.25, -0.2) is 31.6 Å². The number of rotatable bonds is 6. The molecule has 0 radical (unpaired) electrons. The van der Waals surface area contributed by atoms with Gasteiger partial charge in [0.1, 0.15) is 47.2 Å². The average molecular weight is 450 g/mol. The second kappa shape index (κ2) is 8.15. The minimum absolute atomic E-state index is 0.0885. The third-order valence-electron chi connectivity index (χ3n) is 5.24. The van der Waals surface area contributed by atoms with Crippen molar-refractivity contribution in [3.05, 3.63) is 89.5 Å². The topological polar surface area (TPSA) is 77.0 Å². The molecule has 11 heteroatoms. The summed E-state index contributed by atoms with van der Waals surface area (Å²) in [7, 11) is 0. The van der Waals surface area contributed by atoms with E-state index >= 15 is 0 Å². The Morgan fingerprint density at radius 2 is 1.78 bits per heavy atom. The van der Waals surface area contributed by atoms with Crippen molar-refractivity contribution in [2.75, 3.05) is 0 Å². The van der Waals surface area contributed by atoms with E-state index in [9.17, 15) is 27.1 Å². The lowest BCUT2D eigenvalue weighted by Crippen LogP contribution is -2.38. The molecule has 0 saturated carbocycles. The highest BCUT2D eigenvalue weighted by atomic mass is 19.2. The first kappa shape index (κ1) is 21.6. The van der Waals surface area contributed by atoms with Crippen LogP contribution in [0, 0.1) is 29.1 Å². The van der Waals surface area contributed by atoms with Gasteiger partial charge in [-0.2, -0.15) is 5.10 Å². The van der Waals surface area contributed by atoms with Gasteiger partial charge in [0.25, 0.3) is 0 Å². The maximum Gasteiger partial charge on any atom is 0.171 e. The average Bonchev–Trinajstić information content (AvgIpc) is 3.43. The molecule has 1 N–H and O–H groups in total. The number of halogens is 5. The lowest BCUT2D eigenvalue weighted by atomic mass is 9.80. The maximum absolute atomic E-state index is 14.6. The van der Waals surface area contributed by atoms with Gasteiger partial charge in [0.05, 0.1) is 18.0 Å². The quantitative estimate of drug-likeness (QED) is 0.350. The second-order valence-corrected chi connectivity index (χ2v) is 7.20. The molecule has 0 amide bonds. The van der Waals surface area contributed by atoms with E-state index in [0.717, 1.165) is 24.3 Å². The summed E-state index contributed by atoms with van der Waals surface area (Å²) >= 11 is 0. The van der Waals surface area contributed by atoms with Crippen molar-refractivity contribution in [1.29, 1.82) is 0 Å². The molecule has 0 aliphatic rings. The first-order valence-electron chi connectivity index (χ1n) is 9.31. The molecule has 2 atom stereocenters. The first-order chi connectivity index (χ1) is 15.2. The SMILES string of the molecule is C[C@@H](c1cc(-c2c(F)ccc(F)c2F)no1)[C@](O)(Cn1cncn1)c1ccc(F)cc1F. The van der Waals surface area contributed by atoms with Crippen LogP contribution in [0.5, 0.6) is 0 Å². The summed E-state index contributed by atoms with van der Waals surface area (Å²) in [4.78, 5) is 3.77. The van der Waals surface area contributed by atoms with E-state index in [2.05, 4.69) is 15.2 Å². The van der Waals surface area contributed by atoms with Crippen molar-refractivity contribution in [2.45, 2.75) is 25.0 Å². The van der Waals surface area contributed by atoms with E-state index < -0.39 is 46.2 Å². The predicted octanol–water partition coefficient (Wildman–Crippen LogP) is 4.32. The van der Waals surface area contributed by atoms with E-state index in [1.165, 1.54) is 24.3 Å². The number of aromatic nitrogens is 4. The summed E-state index contributed by atoms with van der Waals surface area (Å²) in [5, 5.41) is 19.0. The molecule has 32 heavy (non-hydrogen) atoms. The van der Waals surface area contributed by atoms with Crippen LogP contribution in [0.2, 0.25) is 0 Å². The Hall–Kier alpha value is -3.60. The fourth-order valence-corrected chi connectivity index (χ4v) is 3.47. The smallest absolute Gasteiger partial charge is 0.171 e. The van der Waals surface area contributed by atoms with Crippen LogP contribution in [0.1, 0.15) is 24.2 Å². The third-order valence-corrected chi connectivity index (χ3v) is 5.24. The Balaban J connectivity index is 1.79. The summed E-state index contributed by atoms with van der Waals surface area (Å²) in [5.41, 5.74) is -3.45. The van der Waals surface area contributed by atoms with Crippen molar-refractivity contribution in [3.63, 3.8) is 0 Å². The largest absolute Gasteiger partial charge is 0.382 e. The first-order valence-corrected chi connectivity index (χ1v) is 9.31. The van der Waals surface area contributed by atoms with Gasteiger partial charge in [0, 0.05) is 17.7 Å². The molecule has 2 aromatic carbocycles. The predicted molar refractivity (Wildman–Crippen MR) is 101 cm³/mol. The van der Waals surface area contributed by atoms with Gasteiger partial charge in [-0.1, -0.05) is 18.1 Å². The van der Waals surface area contributed by atoms with E-state index in [1.54, 1.807) is 0 Å². The molecule has 0 aliphatic heterocycles. The molecule has 4 aromatic rings.